The van der Waals surface area contributed by atoms with Gasteiger partial charge in [0.25, 0.3) is 11.1 Å². The number of likely N-dealkylation sites (tertiary alicyclic amines) is 1. The Hall–Kier alpha value is -3.39. The fraction of sp³-hybridized carbons (Fsp3) is 0.261. The molecule has 0 aromatic heterocycles. The van der Waals surface area contributed by atoms with Gasteiger partial charge in [0.2, 0.25) is 11.7 Å². The van der Waals surface area contributed by atoms with Gasteiger partial charge < -0.3 is 9.64 Å². The number of rotatable bonds is 6. The quantitative estimate of drug-likeness (QED) is 0.233. The average molecular weight is 600 g/mol. The lowest BCUT2D eigenvalue weighted by Gasteiger charge is -2.18. The van der Waals surface area contributed by atoms with Crippen molar-refractivity contribution in [3.8, 4) is 11.5 Å². The molecule has 0 aliphatic carbocycles. The van der Waals surface area contributed by atoms with Gasteiger partial charge in [-0.25, -0.2) is 0 Å². The summed E-state index contributed by atoms with van der Waals surface area (Å²) in [6.45, 7) is 0.751. The number of nitro benzene ring substituents is 1. The zero-order chi connectivity index (χ0) is 26.9. The molecule has 0 radical (unpaired) electrons. The molecule has 0 unspecified atom stereocenters. The maximum absolute atomic E-state index is 13.0. The fourth-order valence-electron chi connectivity index (χ4n) is 3.75. The second-order valence-electron chi connectivity index (χ2n) is 8.08. The number of nitro groups is 1. The van der Waals surface area contributed by atoms with Crippen molar-refractivity contribution in [1.82, 2.24) is 9.80 Å². The molecule has 0 atom stereocenters. The second-order valence-corrected chi connectivity index (χ2v) is 9.99. The number of ether oxygens (including phenoxy) is 1. The number of nitrogens with zero attached hydrogens (tertiary/aromatic N) is 3. The van der Waals surface area contributed by atoms with Gasteiger partial charge in [-0.15, -0.1) is 0 Å². The van der Waals surface area contributed by atoms with Crippen LogP contribution in [0.15, 0.2) is 45.8 Å². The van der Waals surface area contributed by atoms with Crippen LogP contribution in [0.25, 0.3) is 6.08 Å². The molecule has 0 N–H and O–H groups in total. The maximum atomic E-state index is 13.0. The number of hydrogen-bond acceptors (Lipinski definition) is 7. The second kappa shape index (κ2) is 10.5. The Balaban J connectivity index is 1.62. The number of carbonyl (C=O) groups excluding carboxylic acids is 3. The van der Waals surface area contributed by atoms with Crippen molar-refractivity contribution in [3.05, 3.63) is 67.0 Å². The van der Waals surface area contributed by atoms with Crippen molar-refractivity contribution in [2.24, 2.45) is 0 Å². The molecule has 2 aliphatic rings. The number of carbonyl (C=O) groups is 3. The summed E-state index contributed by atoms with van der Waals surface area (Å²) in [5.41, 5.74) is -1.89. The zero-order valence-corrected chi connectivity index (χ0v) is 21.2. The first-order valence-electron chi connectivity index (χ1n) is 10.8. The van der Waals surface area contributed by atoms with Crippen LogP contribution in [-0.4, -0.2) is 51.4 Å². The van der Waals surface area contributed by atoms with Crippen LogP contribution in [0.4, 0.5) is 23.7 Å². The first-order valence-corrected chi connectivity index (χ1v) is 12.4. The van der Waals surface area contributed by atoms with E-state index in [1.54, 1.807) is 4.90 Å². The number of alkyl halides is 3. The molecule has 0 spiro atoms. The molecule has 2 saturated heterocycles. The van der Waals surface area contributed by atoms with E-state index < -0.39 is 39.2 Å². The third kappa shape index (κ3) is 5.96. The minimum absolute atomic E-state index is 0.00833. The largest absolute Gasteiger partial charge is 0.449 e. The van der Waals surface area contributed by atoms with Gasteiger partial charge in [0, 0.05) is 29.2 Å². The highest BCUT2D eigenvalue weighted by Crippen LogP contribution is 2.40. The predicted molar refractivity (Wildman–Crippen MR) is 131 cm³/mol. The number of halogens is 4. The Morgan fingerprint density at radius 2 is 1.81 bits per heavy atom. The minimum atomic E-state index is -4.79. The number of benzene rings is 2. The summed E-state index contributed by atoms with van der Waals surface area (Å²) in [6, 6.07) is 6.31. The molecule has 2 aliphatic heterocycles. The summed E-state index contributed by atoms with van der Waals surface area (Å²) in [7, 11) is 0. The first-order chi connectivity index (χ1) is 17.4. The van der Waals surface area contributed by atoms with Crippen LogP contribution in [0.2, 0.25) is 0 Å². The molecule has 9 nitrogen and oxygen atoms in total. The molecule has 2 aromatic carbocycles. The monoisotopic (exact) mass is 599 g/mol. The van der Waals surface area contributed by atoms with E-state index in [1.165, 1.54) is 24.3 Å². The van der Waals surface area contributed by atoms with E-state index in [4.69, 9.17) is 4.74 Å². The van der Waals surface area contributed by atoms with Crippen LogP contribution in [0, 0.1) is 10.1 Å². The van der Waals surface area contributed by atoms with E-state index in [-0.39, 0.29) is 28.7 Å². The molecular weight excluding hydrogens is 583 g/mol. The summed E-state index contributed by atoms with van der Waals surface area (Å²) >= 11 is 3.89. The molecule has 37 heavy (non-hydrogen) atoms. The Kier molecular flexibility index (Phi) is 7.59. The molecule has 3 amide bonds. The molecule has 14 heteroatoms. The summed E-state index contributed by atoms with van der Waals surface area (Å²) in [6.07, 6.45) is -1.75. The highest BCUT2D eigenvalue weighted by molar-refractivity contribution is 9.10. The van der Waals surface area contributed by atoms with Crippen LogP contribution in [0.5, 0.6) is 11.5 Å². The lowest BCUT2D eigenvalue weighted by atomic mass is 10.1. The van der Waals surface area contributed by atoms with E-state index in [2.05, 4.69) is 15.9 Å². The van der Waals surface area contributed by atoms with Crippen molar-refractivity contribution in [3.63, 3.8) is 0 Å². The molecule has 2 heterocycles. The smallest absolute Gasteiger partial charge is 0.416 e. The SMILES string of the molecule is O=C(CN1C(=O)S/C(=C/c2cc(Br)ccc2Oc2ccc(C(F)(F)F)cc2[N+](=O)[O-])C1=O)N1CCCC1. The van der Waals surface area contributed by atoms with Crippen molar-refractivity contribution >= 4 is 56.5 Å². The van der Waals surface area contributed by atoms with Gasteiger partial charge in [-0.2, -0.15) is 13.2 Å². The van der Waals surface area contributed by atoms with E-state index in [0.29, 0.717) is 41.5 Å². The topological polar surface area (TPSA) is 110 Å². The van der Waals surface area contributed by atoms with E-state index in [9.17, 15) is 37.7 Å². The van der Waals surface area contributed by atoms with Gasteiger partial charge in [0.1, 0.15) is 12.3 Å². The highest BCUT2D eigenvalue weighted by atomic mass is 79.9. The van der Waals surface area contributed by atoms with Crippen molar-refractivity contribution in [1.29, 1.82) is 0 Å². The molecule has 2 aromatic rings. The molecular formula is C23H17BrF3N3O6S. The average Bonchev–Trinajstić information content (AvgIpc) is 3.45. The van der Waals surface area contributed by atoms with Crippen molar-refractivity contribution < 1.29 is 37.2 Å². The van der Waals surface area contributed by atoms with Crippen LogP contribution >= 0.6 is 27.7 Å². The summed E-state index contributed by atoms with van der Waals surface area (Å²) in [4.78, 5) is 50.6. The Bertz CT molecular complexity index is 1330. The number of imide groups is 1. The third-order valence-electron chi connectivity index (χ3n) is 5.59. The van der Waals surface area contributed by atoms with Crippen LogP contribution < -0.4 is 4.74 Å². The lowest BCUT2D eigenvalue weighted by molar-refractivity contribution is -0.385. The van der Waals surface area contributed by atoms with Gasteiger partial charge >= 0.3 is 11.9 Å². The number of thioether (sulfide) groups is 1. The van der Waals surface area contributed by atoms with E-state index in [1.807, 2.05) is 0 Å². The van der Waals surface area contributed by atoms with Crippen LogP contribution in [0.3, 0.4) is 0 Å². The van der Waals surface area contributed by atoms with Gasteiger partial charge in [0.05, 0.1) is 15.4 Å². The summed E-state index contributed by atoms with van der Waals surface area (Å²) < 4.78 is 45.2. The third-order valence-corrected chi connectivity index (χ3v) is 6.99. The maximum Gasteiger partial charge on any atom is 0.416 e. The molecule has 0 saturated carbocycles. The molecule has 4 rings (SSSR count). The van der Waals surface area contributed by atoms with E-state index in [0.717, 1.165) is 23.8 Å². The first kappa shape index (κ1) is 26.7. The summed E-state index contributed by atoms with van der Waals surface area (Å²) in [5.74, 6) is -1.47. The van der Waals surface area contributed by atoms with Crippen molar-refractivity contribution in [2.45, 2.75) is 19.0 Å². The van der Waals surface area contributed by atoms with Crippen molar-refractivity contribution in [2.75, 3.05) is 19.6 Å². The fourth-order valence-corrected chi connectivity index (χ4v) is 4.95. The number of amides is 3. The molecule has 194 valence electrons. The highest BCUT2D eigenvalue weighted by Gasteiger charge is 2.38. The standard InChI is InChI=1S/C23H17BrF3N3O6S/c24-15-4-6-17(36-18-5-3-14(23(25,26)27)11-16(18)30(34)35)13(9-15)10-19-21(32)29(22(33)37-19)12-20(31)28-7-1-2-8-28/h3-6,9-11H,1-2,7-8,12H2/b19-10+. The van der Waals surface area contributed by atoms with Gasteiger partial charge in [-0.05, 0) is 61.0 Å². The normalized spacial score (nSPS) is 17.1. The van der Waals surface area contributed by atoms with Crippen LogP contribution in [0.1, 0.15) is 24.0 Å². The number of hydrogen-bond donors (Lipinski definition) is 0. The minimum Gasteiger partial charge on any atom is -0.449 e. The zero-order valence-electron chi connectivity index (χ0n) is 18.8. The Labute approximate surface area is 220 Å². The van der Waals surface area contributed by atoms with Gasteiger partial charge in [0.15, 0.2) is 0 Å². The molecule has 0 bridgehead atoms. The predicted octanol–water partition coefficient (Wildman–Crippen LogP) is 5.83. The Morgan fingerprint density at radius 3 is 2.46 bits per heavy atom. The lowest BCUT2D eigenvalue weighted by Crippen LogP contribution is -2.40. The molecule has 2 fully saturated rings. The van der Waals surface area contributed by atoms with Gasteiger partial charge in [-0.3, -0.25) is 29.4 Å². The van der Waals surface area contributed by atoms with E-state index >= 15 is 0 Å². The Morgan fingerprint density at radius 1 is 1.14 bits per heavy atom. The van der Waals surface area contributed by atoms with Crippen LogP contribution in [-0.2, 0) is 15.8 Å². The van der Waals surface area contributed by atoms with Gasteiger partial charge in [-0.1, -0.05) is 15.9 Å². The summed E-state index contributed by atoms with van der Waals surface area (Å²) in [5, 5.41) is 10.8.